The highest BCUT2D eigenvalue weighted by Gasteiger charge is 2.17. The maximum Gasteiger partial charge on any atom is 0.0546 e. The topological polar surface area (TPSA) is 4.93 Å². The lowest BCUT2D eigenvalue weighted by atomic mass is 9.92. The number of aromatic nitrogens is 1. The highest BCUT2D eigenvalue weighted by Crippen LogP contribution is 2.40. The van der Waals surface area contributed by atoms with Crippen LogP contribution in [0.5, 0.6) is 0 Å². The van der Waals surface area contributed by atoms with Crippen molar-refractivity contribution in [3.8, 4) is 27.9 Å². The van der Waals surface area contributed by atoms with Crippen LogP contribution in [0.15, 0.2) is 188 Å². The summed E-state index contributed by atoms with van der Waals surface area (Å²) < 4.78 is 2.46. The smallest absolute Gasteiger partial charge is 0.0546 e. The van der Waals surface area contributed by atoms with E-state index in [1.165, 1.54) is 104 Å². The molecule has 0 amide bonds. The summed E-state index contributed by atoms with van der Waals surface area (Å²) in [5.74, 6) is 0. The maximum atomic E-state index is 2.46. The molecule has 0 N–H and O–H groups in total. The minimum atomic E-state index is 1.21. The van der Waals surface area contributed by atoms with Crippen LogP contribution in [0.25, 0.3) is 104 Å². The average Bonchev–Trinajstić information content (AvgIpc) is 3.54. The van der Waals surface area contributed by atoms with E-state index >= 15 is 0 Å². The largest absolute Gasteiger partial charge is 0.309 e. The van der Waals surface area contributed by atoms with Crippen molar-refractivity contribution in [2.75, 3.05) is 0 Å². The second-order valence-electron chi connectivity index (χ2n) is 13.7. The van der Waals surface area contributed by atoms with E-state index in [0.717, 1.165) is 0 Å². The minimum absolute atomic E-state index is 1.21. The summed E-state index contributed by atoms with van der Waals surface area (Å²) in [6.07, 6.45) is 0. The molecule has 11 aromatic rings. The van der Waals surface area contributed by atoms with Crippen LogP contribution in [0, 0.1) is 0 Å². The van der Waals surface area contributed by atoms with E-state index in [0.29, 0.717) is 0 Å². The number of hydrogen-bond donors (Lipinski definition) is 0. The summed E-state index contributed by atoms with van der Waals surface area (Å²) in [5, 5.41) is 15.4. The Morgan fingerprint density at radius 1 is 0.235 bits per heavy atom. The first-order valence-electron chi connectivity index (χ1n) is 17.7. The number of benzene rings is 10. The molecule has 10 aromatic carbocycles. The lowest BCUT2D eigenvalue weighted by Crippen LogP contribution is -1.96. The molecule has 236 valence electrons. The molecule has 1 heteroatoms. The molecule has 0 atom stereocenters. The van der Waals surface area contributed by atoms with Gasteiger partial charge in [0.25, 0.3) is 0 Å². The molecule has 0 spiro atoms. The van der Waals surface area contributed by atoms with Crippen LogP contribution < -0.4 is 0 Å². The Bertz CT molecular complexity index is 3140. The molecule has 1 nitrogen and oxygen atoms in total. The van der Waals surface area contributed by atoms with Gasteiger partial charge >= 0.3 is 0 Å². The fraction of sp³-hybridized carbons (Fsp3) is 0. The first-order chi connectivity index (χ1) is 25.3. The van der Waals surface area contributed by atoms with Gasteiger partial charge in [0.2, 0.25) is 0 Å². The average molecular weight is 646 g/mol. The normalized spacial score (nSPS) is 11.9. The van der Waals surface area contributed by atoms with Gasteiger partial charge in [-0.2, -0.15) is 0 Å². The van der Waals surface area contributed by atoms with Crippen LogP contribution in [0.2, 0.25) is 0 Å². The molecule has 0 aliphatic heterocycles. The molecule has 0 fully saturated rings. The summed E-state index contributed by atoms with van der Waals surface area (Å²) in [6, 6.07) is 69.3. The molecule has 0 unspecified atom stereocenters. The van der Waals surface area contributed by atoms with Crippen molar-refractivity contribution in [1.82, 2.24) is 4.57 Å². The number of hydrogen-bond acceptors (Lipinski definition) is 0. The van der Waals surface area contributed by atoms with Crippen molar-refractivity contribution in [3.63, 3.8) is 0 Å². The molecule has 0 saturated carbocycles. The number of rotatable bonds is 3. The molecule has 1 heterocycles. The van der Waals surface area contributed by atoms with Gasteiger partial charge in [-0.1, -0.05) is 158 Å². The van der Waals surface area contributed by atoms with Crippen molar-refractivity contribution in [2.45, 2.75) is 0 Å². The van der Waals surface area contributed by atoms with Crippen LogP contribution in [-0.4, -0.2) is 4.57 Å². The predicted molar refractivity (Wildman–Crippen MR) is 219 cm³/mol. The highest BCUT2D eigenvalue weighted by atomic mass is 15.0. The Morgan fingerprint density at radius 3 is 1.29 bits per heavy atom. The SMILES string of the molecule is c1ccc2c(c1)cc(-n1c3ccccc3c3cc(-c4ccc(-c5ccc6c7ccccc7c7ccccc7c6c5)cc4)ccc31)c1ccccc12. The van der Waals surface area contributed by atoms with Crippen molar-refractivity contribution in [2.24, 2.45) is 0 Å². The van der Waals surface area contributed by atoms with E-state index in [-0.39, 0.29) is 0 Å². The second-order valence-corrected chi connectivity index (χ2v) is 13.7. The summed E-state index contributed by atoms with van der Waals surface area (Å²) >= 11 is 0. The Kier molecular flexibility index (Phi) is 6.02. The summed E-state index contributed by atoms with van der Waals surface area (Å²) in [7, 11) is 0. The fourth-order valence-electron chi connectivity index (χ4n) is 8.57. The van der Waals surface area contributed by atoms with Gasteiger partial charge in [0.15, 0.2) is 0 Å². The van der Waals surface area contributed by atoms with E-state index < -0.39 is 0 Å². The van der Waals surface area contributed by atoms with E-state index in [1.807, 2.05) is 0 Å². The zero-order chi connectivity index (χ0) is 33.5. The van der Waals surface area contributed by atoms with Gasteiger partial charge < -0.3 is 4.57 Å². The monoisotopic (exact) mass is 645 g/mol. The van der Waals surface area contributed by atoms with Gasteiger partial charge in [-0.15, -0.1) is 0 Å². The molecule has 0 bridgehead atoms. The molecule has 0 aliphatic carbocycles. The first kappa shape index (κ1) is 28.2. The number of para-hydroxylation sites is 1. The third-order valence-corrected chi connectivity index (χ3v) is 11.0. The Morgan fingerprint density at radius 2 is 0.647 bits per heavy atom. The minimum Gasteiger partial charge on any atom is -0.309 e. The Labute approximate surface area is 295 Å². The molecule has 0 aliphatic rings. The molecular weight excluding hydrogens is 615 g/mol. The van der Waals surface area contributed by atoms with Crippen LogP contribution in [0.1, 0.15) is 0 Å². The van der Waals surface area contributed by atoms with Gasteiger partial charge in [0.05, 0.1) is 16.7 Å². The highest BCUT2D eigenvalue weighted by molar-refractivity contribution is 6.25. The zero-order valence-electron chi connectivity index (χ0n) is 27.8. The van der Waals surface area contributed by atoms with Gasteiger partial charge in [-0.3, -0.25) is 0 Å². The first-order valence-corrected chi connectivity index (χ1v) is 17.7. The lowest BCUT2D eigenvalue weighted by molar-refractivity contribution is 1.20. The van der Waals surface area contributed by atoms with E-state index in [4.69, 9.17) is 0 Å². The Balaban J connectivity index is 1.04. The number of nitrogens with zero attached hydrogens (tertiary/aromatic N) is 1. The van der Waals surface area contributed by atoms with Gasteiger partial charge in [-0.05, 0) is 101 Å². The van der Waals surface area contributed by atoms with E-state index in [1.54, 1.807) is 0 Å². The Hall–Kier alpha value is -6.70. The molecule has 11 rings (SSSR count). The molecule has 0 radical (unpaired) electrons. The quantitative estimate of drug-likeness (QED) is 0.169. The summed E-state index contributed by atoms with van der Waals surface area (Å²) in [5.41, 5.74) is 8.53. The van der Waals surface area contributed by atoms with E-state index in [9.17, 15) is 0 Å². The standard InChI is InChI=1S/C50H31N/c1-2-12-37-36(11-1)31-50(44-18-8-7-13-38(37)44)51-48-20-10-9-19-45(48)47-30-35(26-28-49(47)51)33-23-21-32(22-24-33)34-25-27-43-41-16-4-3-14-39(41)40-15-5-6-17-42(40)46(43)29-34/h1-31H. The van der Waals surface area contributed by atoms with Crippen molar-refractivity contribution >= 4 is 75.7 Å². The van der Waals surface area contributed by atoms with Crippen molar-refractivity contribution in [1.29, 1.82) is 0 Å². The fourth-order valence-corrected chi connectivity index (χ4v) is 8.57. The van der Waals surface area contributed by atoms with Gasteiger partial charge in [-0.25, -0.2) is 0 Å². The van der Waals surface area contributed by atoms with Gasteiger partial charge in [0, 0.05) is 16.2 Å². The molecule has 0 saturated heterocycles. The summed E-state index contributed by atoms with van der Waals surface area (Å²) in [4.78, 5) is 0. The zero-order valence-corrected chi connectivity index (χ0v) is 27.8. The predicted octanol–water partition coefficient (Wildman–Crippen LogP) is 13.9. The van der Waals surface area contributed by atoms with Crippen LogP contribution in [0.4, 0.5) is 0 Å². The second kappa shape index (κ2) is 10.9. The van der Waals surface area contributed by atoms with Crippen LogP contribution >= 0.6 is 0 Å². The van der Waals surface area contributed by atoms with Crippen molar-refractivity contribution in [3.05, 3.63) is 188 Å². The van der Waals surface area contributed by atoms with Gasteiger partial charge in [0.1, 0.15) is 0 Å². The van der Waals surface area contributed by atoms with Crippen molar-refractivity contribution < 1.29 is 0 Å². The third kappa shape index (κ3) is 4.22. The van der Waals surface area contributed by atoms with E-state index in [2.05, 4.69) is 193 Å². The molecule has 1 aromatic heterocycles. The number of fused-ring (bicyclic) bond motifs is 12. The molecular formula is C50H31N. The van der Waals surface area contributed by atoms with Crippen LogP contribution in [-0.2, 0) is 0 Å². The lowest BCUT2D eigenvalue weighted by Gasteiger charge is -2.14. The maximum absolute atomic E-state index is 2.46. The summed E-state index contributed by atoms with van der Waals surface area (Å²) in [6.45, 7) is 0. The van der Waals surface area contributed by atoms with Crippen LogP contribution in [0.3, 0.4) is 0 Å². The third-order valence-electron chi connectivity index (χ3n) is 11.0. The molecule has 51 heavy (non-hydrogen) atoms.